The summed E-state index contributed by atoms with van der Waals surface area (Å²) in [6, 6.07) is 19.6. The second kappa shape index (κ2) is 10.2. The minimum absolute atomic E-state index is 0.125. The van der Waals surface area contributed by atoms with Crippen molar-refractivity contribution in [1.82, 2.24) is 10.2 Å². The summed E-state index contributed by atoms with van der Waals surface area (Å²) in [5.74, 6) is -0.264. The van der Waals surface area contributed by atoms with E-state index in [4.69, 9.17) is 0 Å². The number of aryl methyl sites for hydroxylation is 2. The van der Waals surface area contributed by atoms with Crippen molar-refractivity contribution in [1.29, 1.82) is 0 Å². The Morgan fingerprint density at radius 2 is 1.57 bits per heavy atom. The van der Waals surface area contributed by atoms with Crippen LogP contribution in [0.5, 0.6) is 0 Å². The van der Waals surface area contributed by atoms with Crippen LogP contribution >= 0.6 is 11.3 Å². The Labute approximate surface area is 181 Å². The molecule has 1 aromatic heterocycles. The smallest absolute Gasteiger partial charge is 0.238 e. The molecule has 156 valence electrons. The molecule has 6 heteroatoms. The van der Waals surface area contributed by atoms with E-state index >= 15 is 0 Å². The lowest BCUT2D eigenvalue weighted by atomic mass is 10.1. The van der Waals surface area contributed by atoms with Gasteiger partial charge in [0.2, 0.25) is 11.8 Å². The van der Waals surface area contributed by atoms with Gasteiger partial charge in [-0.3, -0.25) is 14.5 Å². The van der Waals surface area contributed by atoms with Crippen molar-refractivity contribution in [3.63, 3.8) is 0 Å². The zero-order valence-corrected chi connectivity index (χ0v) is 18.3. The number of carbonyl (C=O) groups excluding carboxylic acids is 2. The summed E-state index contributed by atoms with van der Waals surface area (Å²) in [5.41, 5.74) is 3.90. The van der Waals surface area contributed by atoms with Gasteiger partial charge in [0, 0.05) is 10.6 Å². The number of likely N-dealkylation sites (N-methyl/N-ethyl adjacent to an activating group) is 1. The number of nitrogens with zero attached hydrogens (tertiary/aromatic N) is 1. The third kappa shape index (κ3) is 5.78. The molecule has 2 N–H and O–H groups in total. The maximum absolute atomic E-state index is 12.7. The Balaban J connectivity index is 1.58. The lowest BCUT2D eigenvalue weighted by molar-refractivity contribution is -0.123. The highest BCUT2D eigenvalue weighted by atomic mass is 32.1. The van der Waals surface area contributed by atoms with Gasteiger partial charge >= 0.3 is 0 Å². The molecule has 0 bridgehead atoms. The monoisotopic (exact) mass is 421 g/mol. The second-order valence-corrected chi connectivity index (χ2v) is 8.39. The van der Waals surface area contributed by atoms with Crippen molar-refractivity contribution in [3.05, 3.63) is 87.6 Å². The van der Waals surface area contributed by atoms with E-state index in [9.17, 15) is 9.59 Å². The number of benzene rings is 2. The van der Waals surface area contributed by atoms with Crippen LogP contribution in [0.25, 0.3) is 0 Å². The maximum atomic E-state index is 12.7. The van der Waals surface area contributed by atoms with Gasteiger partial charge < -0.3 is 10.6 Å². The predicted octanol–water partition coefficient (Wildman–Crippen LogP) is 4.14. The van der Waals surface area contributed by atoms with E-state index in [0.717, 1.165) is 27.3 Å². The molecule has 2 amide bonds. The van der Waals surface area contributed by atoms with E-state index in [1.807, 2.05) is 79.9 Å². The van der Waals surface area contributed by atoms with Crippen LogP contribution in [-0.4, -0.2) is 36.9 Å². The largest absolute Gasteiger partial charge is 0.343 e. The summed E-state index contributed by atoms with van der Waals surface area (Å²) >= 11 is 1.61. The quantitative estimate of drug-likeness (QED) is 0.575. The van der Waals surface area contributed by atoms with Gasteiger partial charge in [0.25, 0.3) is 0 Å². The summed E-state index contributed by atoms with van der Waals surface area (Å²) in [5, 5.41) is 8.07. The Morgan fingerprint density at radius 3 is 2.20 bits per heavy atom. The van der Waals surface area contributed by atoms with Crippen molar-refractivity contribution < 1.29 is 9.59 Å². The highest BCUT2D eigenvalue weighted by Crippen LogP contribution is 2.25. The van der Waals surface area contributed by atoms with E-state index in [1.165, 1.54) is 0 Å². The Hall–Kier alpha value is -2.96. The fourth-order valence-electron chi connectivity index (χ4n) is 3.36. The summed E-state index contributed by atoms with van der Waals surface area (Å²) < 4.78 is 0. The van der Waals surface area contributed by atoms with Crippen molar-refractivity contribution >= 4 is 28.8 Å². The standard InChI is InChI=1S/C24H27N3O2S/c1-17-9-7-10-18(2)23(17)25-21(28)15-27(3)16-22(29)26-24(20-13-8-14-30-20)19-11-5-4-6-12-19/h4-14,24H,15-16H2,1-3H3,(H,25,28)(H,26,29)/t24-/m1/s1. The van der Waals surface area contributed by atoms with Gasteiger partial charge in [-0.25, -0.2) is 0 Å². The molecular formula is C24H27N3O2S. The Bertz CT molecular complexity index is 967. The van der Waals surface area contributed by atoms with Crippen molar-refractivity contribution in [3.8, 4) is 0 Å². The SMILES string of the molecule is Cc1cccc(C)c1NC(=O)CN(C)CC(=O)N[C@H](c1ccccc1)c1cccs1. The lowest BCUT2D eigenvalue weighted by Gasteiger charge is -2.21. The number of amides is 2. The van der Waals surface area contributed by atoms with E-state index in [-0.39, 0.29) is 30.9 Å². The molecule has 0 spiro atoms. The summed E-state index contributed by atoms with van der Waals surface area (Å²) in [6.07, 6.45) is 0. The number of thiophene rings is 1. The molecule has 3 rings (SSSR count). The zero-order valence-electron chi connectivity index (χ0n) is 17.5. The fourth-order valence-corrected chi connectivity index (χ4v) is 4.17. The minimum atomic E-state index is -0.199. The molecule has 1 atom stereocenters. The molecule has 0 unspecified atom stereocenters. The van der Waals surface area contributed by atoms with Crippen LogP contribution in [0.1, 0.15) is 27.6 Å². The summed E-state index contributed by atoms with van der Waals surface area (Å²) in [4.78, 5) is 27.9. The molecular weight excluding hydrogens is 394 g/mol. The molecule has 0 aliphatic heterocycles. The Kier molecular flexibility index (Phi) is 7.38. The minimum Gasteiger partial charge on any atom is -0.343 e. The van der Waals surface area contributed by atoms with Gasteiger partial charge in [-0.2, -0.15) is 0 Å². The maximum Gasteiger partial charge on any atom is 0.238 e. The highest BCUT2D eigenvalue weighted by Gasteiger charge is 2.19. The number of carbonyl (C=O) groups is 2. The third-order valence-corrected chi connectivity index (χ3v) is 5.78. The predicted molar refractivity (Wildman–Crippen MR) is 123 cm³/mol. The molecule has 0 aliphatic carbocycles. The van der Waals surface area contributed by atoms with Crippen molar-refractivity contribution in [2.75, 3.05) is 25.5 Å². The van der Waals surface area contributed by atoms with Gasteiger partial charge in [-0.1, -0.05) is 54.6 Å². The van der Waals surface area contributed by atoms with Crippen LogP contribution in [0.3, 0.4) is 0 Å². The third-order valence-electron chi connectivity index (χ3n) is 4.84. The first kappa shape index (κ1) is 21.7. The first-order chi connectivity index (χ1) is 14.4. The molecule has 0 aliphatic rings. The summed E-state index contributed by atoms with van der Waals surface area (Å²) in [6.45, 7) is 4.20. The van der Waals surface area contributed by atoms with Gasteiger partial charge in [-0.15, -0.1) is 11.3 Å². The summed E-state index contributed by atoms with van der Waals surface area (Å²) in [7, 11) is 1.77. The molecule has 5 nitrogen and oxygen atoms in total. The number of anilines is 1. The van der Waals surface area contributed by atoms with Gasteiger partial charge in [0.15, 0.2) is 0 Å². The number of nitrogens with one attached hydrogen (secondary N) is 2. The average Bonchev–Trinajstić information content (AvgIpc) is 3.24. The topological polar surface area (TPSA) is 61.4 Å². The van der Waals surface area contributed by atoms with Crippen LogP contribution in [0.4, 0.5) is 5.69 Å². The first-order valence-corrected chi connectivity index (χ1v) is 10.7. The number of hydrogen-bond donors (Lipinski definition) is 2. The molecule has 0 radical (unpaired) electrons. The Morgan fingerprint density at radius 1 is 0.900 bits per heavy atom. The molecule has 0 saturated heterocycles. The van der Waals surface area contributed by atoms with Crippen molar-refractivity contribution in [2.45, 2.75) is 19.9 Å². The highest BCUT2D eigenvalue weighted by molar-refractivity contribution is 7.10. The van der Waals surface area contributed by atoms with E-state index < -0.39 is 0 Å². The zero-order chi connectivity index (χ0) is 21.5. The number of rotatable bonds is 8. The fraction of sp³-hybridized carbons (Fsp3) is 0.250. The molecule has 0 fully saturated rings. The molecule has 1 heterocycles. The normalized spacial score (nSPS) is 11.9. The van der Waals surface area contributed by atoms with Gasteiger partial charge in [0.05, 0.1) is 19.1 Å². The second-order valence-electron chi connectivity index (χ2n) is 7.41. The van der Waals surface area contributed by atoms with Crippen molar-refractivity contribution in [2.24, 2.45) is 0 Å². The average molecular weight is 422 g/mol. The molecule has 0 saturated carbocycles. The van der Waals surface area contributed by atoms with Gasteiger partial charge in [-0.05, 0) is 49.0 Å². The number of hydrogen-bond acceptors (Lipinski definition) is 4. The van der Waals surface area contributed by atoms with Crippen LogP contribution in [-0.2, 0) is 9.59 Å². The van der Waals surface area contributed by atoms with Crippen LogP contribution < -0.4 is 10.6 Å². The molecule has 3 aromatic rings. The van der Waals surface area contributed by atoms with Crippen LogP contribution in [0.2, 0.25) is 0 Å². The number of para-hydroxylation sites is 1. The first-order valence-electron chi connectivity index (χ1n) is 9.86. The molecule has 2 aromatic carbocycles. The van der Waals surface area contributed by atoms with E-state index in [2.05, 4.69) is 10.6 Å². The van der Waals surface area contributed by atoms with E-state index in [1.54, 1.807) is 23.3 Å². The van der Waals surface area contributed by atoms with Crippen LogP contribution in [0.15, 0.2) is 66.0 Å². The van der Waals surface area contributed by atoms with Crippen LogP contribution in [0, 0.1) is 13.8 Å². The van der Waals surface area contributed by atoms with Gasteiger partial charge in [0.1, 0.15) is 0 Å². The molecule has 30 heavy (non-hydrogen) atoms. The van der Waals surface area contributed by atoms with E-state index in [0.29, 0.717) is 0 Å². The lowest BCUT2D eigenvalue weighted by Crippen LogP contribution is -2.40.